The number of aliphatic carboxylic acids is 2. The highest BCUT2D eigenvalue weighted by atomic mass is 32.2. The number of aromatic hydroxyl groups is 1. The summed E-state index contributed by atoms with van der Waals surface area (Å²) in [5.74, 6) is -18.2. The monoisotopic (exact) mass is 1880 g/mol. The Labute approximate surface area is 773 Å². The molecule has 0 radical (unpaired) electrons. The van der Waals surface area contributed by atoms with E-state index in [0.29, 0.717) is 70.6 Å². The number of nitrogens with zero attached hydrogens (tertiary/aromatic N) is 5. The molecule has 0 saturated carbocycles. The van der Waals surface area contributed by atoms with E-state index in [4.69, 9.17) is 17.2 Å². The average Bonchev–Trinajstić information content (AvgIpc) is 1.67. The molecule has 2 aromatic heterocycles. The summed E-state index contributed by atoms with van der Waals surface area (Å²) >= 11 is 0.761. The predicted molar refractivity (Wildman–Crippen MR) is 486 cm³/mol. The van der Waals surface area contributed by atoms with Crippen LogP contribution >= 0.6 is 11.8 Å². The number of primary amides is 1. The smallest absolute Gasteiger partial charge is 0.303 e. The summed E-state index contributed by atoms with van der Waals surface area (Å²) in [6, 6.07) is -2.31. The van der Waals surface area contributed by atoms with Crippen molar-refractivity contribution in [1.82, 2.24) is 87.6 Å². The Hall–Kier alpha value is -12.4. The number of H-pyrrole nitrogens is 2. The van der Waals surface area contributed by atoms with Crippen LogP contribution in [0.5, 0.6) is 5.75 Å². The van der Waals surface area contributed by atoms with E-state index < -0.39 is 261 Å². The molecule has 5 aromatic rings. The first-order chi connectivity index (χ1) is 63.4. The zero-order chi connectivity index (χ0) is 97.4. The van der Waals surface area contributed by atoms with Crippen LogP contribution in [0, 0.1) is 0 Å². The van der Waals surface area contributed by atoms with Gasteiger partial charge in [-0.2, -0.15) is 0 Å². The molecule has 0 bridgehead atoms. The number of amides is 15. The molecule has 43 nitrogen and oxygen atoms in total. The average molecular weight is 1880 g/mol. The summed E-state index contributed by atoms with van der Waals surface area (Å²) in [5, 5.41) is 92.1. The Balaban J connectivity index is 1.20. The summed E-state index contributed by atoms with van der Waals surface area (Å²) in [6.07, 6.45) is -2.36. The van der Waals surface area contributed by atoms with Gasteiger partial charge in [-0.25, -0.2) is 0 Å². The number of aromatic nitrogens is 2. The number of likely N-dealkylation sites (N-methyl/N-ethyl adjacent to an activating group) is 3. The molecule has 44 heteroatoms. The van der Waals surface area contributed by atoms with Crippen LogP contribution in [-0.4, -0.2) is 335 Å². The van der Waals surface area contributed by atoms with Gasteiger partial charge in [0.25, 0.3) is 0 Å². The van der Waals surface area contributed by atoms with Crippen molar-refractivity contribution in [2.24, 2.45) is 17.2 Å². The number of hydrogen-bond acceptors (Lipinski definition) is 25. The number of hydrogen-bond donors (Lipinski definition) is 21. The van der Waals surface area contributed by atoms with Gasteiger partial charge in [-0.1, -0.05) is 88.1 Å². The second-order valence-corrected chi connectivity index (χ2v) is 34.8. The maximum atomic E-state index is 15.9. The fourth-order valence-corrected chi connectivity index (χ4v) is 17.3. The highest BCUT2D eigenvalue weighted by Crippen LogP contribution is 2.28. The number of phenolic OH excluding ortho intramolecular Hbond substituents is 1. The van der Waals surface area contributed by atoms with Crippen LogP contribution < -0.4 is 70.4 Å². The van der Waals surface area contributed by atoms with Crippen molar-refractivity contribution in [3.05, 3.63) is 102 Å². The summed E-state index contributed by atoms with van der Waals surface area (Å²) in [6.45, 7) is 2.32. The van der Waals surface area contributed by atoms with Gasteiger partial charge in [0.2, 0.25) is 88.6 Å². The van der Waals surface area contributed by atoms with E-state index in [9.17, 15) is 78.6 Å². The summed E-state index contributed by atoms with van der Waals surface area (Å²) < 4.78 is 0. The first-order valence-corrected chi connectivity index (χ1v) is 46.0. The van der Waals surface area contributed by atoms with Crippen LogP contribution in [0.15, 0.2) is 85.2 Å². The molecular formula is C89H128N20O23S. The number of thioether (sulfide) groups is 1. The predicted octanol–water partition coefficient (Wildman–Crippen LogP) is -3.08. The number of fused-ring (bicyclic) bond motifs is 4. The van der Waals surface area contributed by atoms with Crippen molar-refractivity contribution >= 4 is 134 Å². The summed E-state index contributed by atoms with van der Waals surface area (Å²) in [5.41, 5.74) is 20.1. The number of benzene rings is 3. The number of carboxylic acids is 2. The van der Waals surface area contributed by atoms with Gasteiger partial charge in [0.05, 0.1) is 37.1 Å². The SMILES string of the molecule is CCCC[C@H]1C(=O)N(C)[C@@H](CCCC)C(=O)N[C@@H](CCC(=O)O)C(O)N[C@H](C(=O)NCC(N)=O)CSCC(=O)N[C@@H](Cc2ccc(O)cc2)C(=O)N(C)[C@@H](C)C(=O)N[C@@H](CCN)C(=O)N2CCC[C@H]2C(=O)N[C@@H](CO)C(=O)N[C@@H](CCC(=O)O)C(=O)N2C[C@H](O)C[C@H]2C(=O)N[C@@H](Cc2c[nH]c3ccccc23)C(=O)N[C@@H](CCCCN)C(=O)N[C@@H](Cc2c[nH]c3ccccc23)C(=O)N1C. The van der Waals surface area contributed by atoms with Gasteiger partial charge in [-0.05, 0) is 125 Å². The minimum Gasteiger partial charge on any atom is -0.508 e. The van der Waals surface area contributed by atoms with Gasteiger partial charge in [0.15, 0.2) is 0 Å². The van der Waals surface area contributed by atoms with E-state index in [2.05, 4.69) is 63.1 Å². The molecule has 3 aromatic carbocycles. The fourth-order valence-electron chi connectivity index (χ4n) is 16.4. The van der Waals surface area contributed by atoms with Crippen molar-refractivity contribution in [2.75, 3.05) is 72.0 Å². The number of aliphatic hydroxyl groups is 3. The number of carbonyl (C=O) groups is 17. The number of carbonyl (C=O) groups excluding carboxylic acids is 15. The zero-order valence-electron chi connectivity index (χ0n) is 75.6. The van der Waals surface area contributed by atoms with Crippen molar-refractivity contribution in [2.45, 2.75) is 246 Å². The lowest BCUT2D eigenvalue weighted by molar-refractivity contribution is -0.149. The molecule has 24 N–H and O–H groups in total. The zero-order valence-corrected chi connectivity index (χ0v) is 76.4. The van der Waals surface area contributed by atoms with Crippen LogP contribution in [0.25, 0.3) is 21.8 Å². The van der Waals surface area contributed by atoms with E-state index in [-0.39, 0.29) is 89.6 Å². The second-order valence-electron chi connectivity index (χ2n) is 33.8. The van der Waals surface area contributed by atoms with Gasteiger partial charge in [0.1, 0.15) is 84.5 Å². The lowest BCUT2D eigenvalue weighted by Crippen LogP contribution is -2.61. The first-order valence-electron chi connectivity index (χ1n) is 44.8. The largest absolute Gasteiger partial charge is 0.508 e. The Bertz CT molecular complexity index is 4900. The van der Waals surface area contributed by atoms with E-state index in [1.807, 2.05) is 13.8 Å². The highest BCUT2D eigenvalue weighted by Gasteiger charge is 2.47. The number of carboxylic acid groups (broad SMARTS) is 2. The van der Waals surface area contributed by atoms with Gasteiger partial charge in [-0.3, -0.25) is 86.8 Å². The number of nitrogens with one attached hydrogen (secondary N) is 12. The van der Waals surface area contributed by atoms with Crippen LogP contribution in [0.2, 0.25) is 0 Å². The van der Waals surface area contributed by atoms with Gasteiger partial charge in [0, 0.05) is 113 Å². The fraction of sp³-hybridized carbons (Fsp3) is 0.562. The highest BCUT2D eigenvalue weighted by molar-refractivity contribution is 8.00. The minimum atomic E-state index is -2.03. The number of aliphatic hydroxyl groups excluding tert-OH is 3. The number of para-hydroxylation sites is 2. The third kappa shape index (κ3) is 30.1. The molecule has 15 amide bonds. The quantitative estimate of drug-likeness (QED) is 0.0221. The van der Waals surface area contributed by atoms with Crippen LogP contribution in [0.3, 0.4) is 0 Å². The molecule has 3 aliphatic heterocycles. The third-order valence-corrected chi connectivity index (χ3v) is 25.1. The Morgan fingerprint density at radius 3 is 1.65 bits per heavy atom. The standard InChI is InChI=1S/C89H128N20O23S/c1-7-9-23-68-82(125)98-60(30-32-74(115)116)79(122)104-67(77(120)95-44-72(92)113)47-133-48-73(114)96-64(38-50-26-28-53(111)29-27-50)85(128)105(4)49(3)76(119)99-62(34-36-91)87(130)108-37-17-25-69(108)83(126)103-66(46-110)81(124)100-61(31-33-75(117)118)88(131)109-45-54(112)41-71(109)84(127)101-63(39-51-42-93-57-20-13-11-18-55(51)57)80(123)97-59(22-15-16-35-90)78(121)102-65(40-52-43-94-58-21-14-12-19-56(52)58)86(129)107(6)70(24-10-8-2)89(132)106(68)5/h11-14,18-21,26-29,42-43,49,54,59-71,79,93-94,104,110-112,122H,7-10,15-17,22-25,30-41,44-48,90-91H2,1-6H3,(H2,92,113)(H,95,120)(H,96,114)(H,97,123)(H,98,125)(H,99,119)(H,100,124)(H,101,127)(H,102,121)(H,103,126)(H,115,116)(H,117,118)/t49-,54+,59-,60-,61-,62-,63-,64-,65-,66-,67-,68-,69-,70-,71-,79?/m0/s1. The number of aromatic amines is 2. The van der Waals surface area contributed by atoms with Gasteiger partial charge >= 0.3 is 11.9 Å². The third-order valence-electron chi connectivity index (χ3n) is 24.1. The first kappa shape index (κ1) is 106. The van der Waals surface area contributed by atoms with Crippen LogP contribution in [-0.2, 0) is 101 Å². The molecule has 0 spiro atoms. The Morgan fingerprint density at radius 2 is 1.05 bits per heavy atom. The van der Waals surface area contributed by atoms with Crippen molar-refractivity contribution in [1.29, 1.82) is 0 Å². The number of phenols is 1. The molecule has 8 rings (SSSR count). The lowest BCUT2D eigenvalue weighted by Gasteiger charge is -2.37. The molecule has 133 heavy (non-hydrogen) atoms. The molecule has 16 atom stereocenters. The van der Waals surface area contributed by atoms with E-state index >= 15 is 33.6 Å². The van der Waals surface area contributed by atoms with Crippen molar-refractivity contribution in [3.63, 3.8) is 0 Å². The maximum absolute atomic E-state index is 15.9. The molecule has 728 valence electrons. The molecule has 3 aliphatic rings. The number of nitrogens with two attached hydrogens (primary N) is 3. The topological polar surface area (TPSA) is 658 Å². The van der Waals surface area contributed by atoms with Gasteiger partial charge < -0.3 is 130 Å². The van der Waals surface area contributed by atoms with Crippen molar-refractivity contribution in [3.8, 4) is 5.75 Å². The summed E-state index contributed by atoms with van der Waals surface area (Å²) in [7, 11) is 3.91. The van der Waals surface area contributed by atoms with Crippen LogP contribution in [0.4, 0.5) is 0 Å². The molecule has 5 heterocycles. The molecule has 0 aliphatic carbocycles. The molecular weight excluding hydrogens is 1750 g/mol. The number of unbranched alkanes of at least 4 members (excludes halogenated alkanes) is 3. The van der Waals surface area contributed by atoms with Crippen molar-refractivity contribution < 1.29 is 112 Å². The molecule has 3 fully saturated rings. The second kappa shape index (κ2) is 51.6. The van der Waals surface area contributed by atoms with E-state index in [0.717, 1.165) is 36.3 Å². The van der Waals surface area contributed by atoms with E-state index in [1.165, 1.54) is 52.3 Å². The summed E-state index contributed by atoms with van der Waals surface area (Å²) in [4.78, 5) is 258. The Morgan fingerprint density at radius 1 is 0.519 bits per heavy atom. The minimum absolute atomic E-state index is 0.0164. The Kier molecular flexibility index (Phi) is 41.1. The number of rotatable bonds is 28. The maximum Gasteiger partial charge on any atom is 0.303 e. The molecule has 3 saturated heterocycles. The van der Waals surface area contributed by atoms with Crippen LogP contribution in [0.1, 0.15) is 147 Å². The molecule has 1 unspecified atom stereocenters. The normalized spacial score (nSPS) is 25.6. The van der Waals surface area contributed by atoms with Gasteiger partial charge in [-0.15, -0.1) is 11.8 Å². The van der Waals surface area contributed by atoms with E-state index in [1.54, 1.807) is 60.9 Å². The lowest BCUT2D eigenvalue weighted by atomic mass is 9.99.